The first-order valence-electron chi connectivity index (χ1n) is 6.26. The minimum Gasteiger partial charge on any atom is -0.368 e. The Hall–Kier alpha value is -1.62. The lowest BCUT2D eigenvalue weighted by Gasteiger charge is -2.13. The van der Waals surface area contributed by atoms with Crippen LogP contribution in [-0.4, -0.2) is 16.0 Å². The average Bonchev–Trinajstić information content (AvgIpc) is 3.00. The van der Waals surface area contributed by atoms with E-state index in [1.807, 2.05) is 23.6 Å². The van der Waals surface area contributed by atoms with Crippen molar-refractivity contribution < 1.29 is 0 Å². The normalized spacial score (nSPS) is 16.0. The van der Waals surface area contributed by atoms with Gasteiger partial charge in [0.2, 0.25) is 5.95 Å². The molecule has 18 heavy (non-hydrogen) atoms. The van der Waals surface area contributed by atoms with Crippen LogP contribution in [0.2, 0.25) is 0 Å². The number of thiophene rings is 1. The van der Waals surface area contributed by atoms with Crippen molar-refractivity contribution in [1.82, 2.24) is 9.97 Å². The van der Waals surface area contributed by atoms with Gasteiger partial charge in [-0.25, -0.2) is 4.98 Å². The predicted molar refractivity (Wildman–Crippen MR) is 75.6 cm³/mol. The fraction of sp³-hybridized carbons (Fsp3) is 0.385. The molecule has 3 rings (SSSR count). The summed E-state index contributed by atoms with van der Waals surface area (Å²) in [5.41, 5.74) is 6.68. The number of nitrogen functional groups attached to an aromatic ring is 1. The maximum absolute atomic E-state index is 5.78. The maximum Gasteiger partial charge on any atom is 0.222 e. The minimum atomic E-state index is 0.335. The molecule has 0 aromatic carbocycles. The summed E-state index contributed by atoms with van der Waals surface area (Å²) in [6.07, 6.45) is 5.04. The van der Waals surface area contributed by atoms with E-state index in [9.17, 15) is 0 Å². The second-order valence-corrected chi connectivity index (χ2v) is 5.55. The van der Waals surface area contributed by atoms with Crippen LogP contribution in [0, 0.1) is 0 Å². The lowest BCUT2D eigenvalue weighted by Crippen LogP contribution is -2.16. The summed E-state index contributed by atoms with van der Waals surface area (Å²) in [7, 11) is 0. The summed E-state index contributed by atoms with van der Waals surface area (Å²) in [4.78, 5) is 9.68. The second-order valence-electron chi connectivity index (χ2n) is 4.60. The van der Waals surface area contributed by atoms with Gasteiger partial charge >= 0.3 is 0 Å². The molecule has 3 N–H and O–H groups in total. The molecule has 1 saturated carbocycles. The number of hydrogen-bond donors (Lipinski definition) is 2. The van der Waals surface area contributed by atoms with E-state index in [1.165, 1.54) is 25.7 Å². The zero-order valence-corrected chi connectivity index (χ0v) is 10.9. The molecule has 0 saturated heterocycles. The van der Waals surface area contributed by atoms with Crippen molar-refractivity contribution in [3.63, 3.8) is 0 Å². The van der Waals surface area contributed by atoms with Crippen LogP contribution in [0.5, 0.6) is 0 Å². The lowest BCUT2D eigenvalue weighted by atomic mass is 10.2. The quantitative estimate of drug-likeness (QED) is 0.890. The first-order valence-corrected chi connectivity index (χ1v) is 7.14. The average molecular weight is 260 g/mol. The van der Waals surface area contributed by atoms with Gasteiger partial charge in [0, 0.05) is 12.1 Å². The van der Waals surface area contributed by atoms with E-state index >= 15 is 0 Å². The molecule has 4 nitrogen and oxygen atoms in total. The Morgan fingerprint density at radius 1 is 1.28 bits per heavy atom. The number of nitrogens with zero attached hydrogens (tertiary/aromatic N) is 2. The number of anilines is 2. The molecule has 0 bridgehead atoms. The van der Waals surface area contributed by atoms with E-state index in [0.717, 1.165) is 16.4 Å². The highest BCUT2D eigenvalue weighted by Crippen LogP contribution is 2.27. The van der Waals surface area contributed by atoms with E-state index in [-0.39, 0.29) is 0 Å². The lowest BCUT2D eigenvalue weighted by molar-refractivity contribution is 0.750. The Morgan fingerprint density at radius 3 is 2.83 bits per heavy atom. The molecule has 0 unspecified atom stereocenters. The summed E-state index contributed by atoms with van der Waals surface area (Å²) in [6.45, 7) is 0. The maximum atomic E-state index is 5.78. The van der Waals surface area contributed by atoms with Gasteiger partial charge in [-0.05, 0) is 24.3 Å². The van der Waals surface area contributed by atoms with Crippen molar-refractivity contribution in [3.8, 4) is 10.6 Å². The van der Waals surface area contributed by atoms with Gasteiger partial charge in [-0.1, -0.05) is 18.9 Å². The van der Waals surface area contributed by atoms with Crippen molar-refractivity contribution in [2.45, 2.75) is 31.7 Å². The summed E-state index contributed by atoms with van der Waals surface area (Å²) >= 11 is 1.66. The fourth-order valence-corrected chi connectivity index (χ4v) is 3.06. The second kappa shape index (κ2) is 4.94. The molecule has 0 spiro atoms. The summed E-state index contributed by atoms with van der Waals surface area (Å²) in [5, 5.41) is 5.50. The van der Waals surface area contributed by atoms with Crippen LogP contribution in [0.3, 0.4) is 0 Å². The van der Waals surface area contributed by atoms with E-state index < -0.39 is 0 Å². The minimum absolute atomic E-state index is 0.335. The van der Waals surface area contributed by atoms with Gasteiger partial charge < -0.3 is 11.1 Å². The van der Waals surface area contributed by atoms with Crippen LogP contribution in [0.4, 0.5) is 11.8 Å². The van der Waals surface area contributed by atoms with Gasteiger partial charge in [-0.3, -0.25) is 0 Å². The first-order chi connectivity index (χ1) is 8.81. The van der Waals surface area contributed by atoms with Crippen molar-refractivity contribution in [2.24, 2.45) is 0 Å². The van der Waals surface area contributed by atoms with Crippen LogP contribution in [-0.2, 0) is 0 Å². The third-order valence-electron chi connectivity index (χ3n) is 3.22. The van der Waals surface area contributed by atoms with Gasteiger partial charge in [-0.15, -0.1) is 11.3 Å². The number of nitrogens with two attached hydrogens (primary N) is 1. The van der Waals surface area contributed by atoms with Crippen LogP contribution in [0.1, 0.15) is 25.7 Å². The zero-order valence-electron chi connectivity index (χ0n) is 10.1. The van der Waals surface area contributed by atoms with Crippen LogP contribution in [0.15, 0.2) is 23.6 Å². The molecule has 2 aromatic rings. The summed E-state index contributed by atoms with van der Waals surface area (Å²) < 4.78 is 0. The molecule has 2 heterocycles. The molecule has 1 fully saturated rings. The van der Waals surface area contributed by atoms with Crippen LogP contribution in [0.25, 0.3) is 10.6 Å². The highest BCUT2D eigenvalue weighted by molar-refractivity contribution is 7.13. The van der Waals surface area contributed by atoms with E-state index in [0.29, 0.717) is 12.0 Å². The topological polar surface area (TPSA) is 63.8 Å². The van der Waals surface area contributed by atoms with Crippen molar-refractivity contribution in [3.05, 3.63) is 23.6 Å². The molecule has 0 amide bonds. The fourth-order valence-electron chi connectivity index (χ4n) is 2.37. The number of aromatic nitrogens is 2. The third kappa shape index (κ3) is 2.46. The van der Waals surface area contributed by atoms with Crippen molar-refractivity contribution in [1.29, 1.82) is 0 Å². The van der Waals surface area contributed by atoms with Gasteiger partial charge in [0.05, 0.1) is 10.6 Å². The van der Waals surface area contributed by atoms with E-state index in [4.69, 9.17) is 5.73 Å². The number of hydrogen-bond acceptors (Lipinski definition) is 5. The third-order valence-corrected chi connectivity index (χ3v) is 4.12. The Morgan fingerprint density at radius 2 is 2.11 bits per heavy atom. The Labute approximate surface area is 110 Å². The molecule has 0 aliphatic heterocycles. The smallest absolute Gasteiger partial charge is 0.222 e. The van der Waals surface area contributed by atoms with E-state index in [1.54, 1.807) is 11.3 Å². The first kappa shape index (κ1) is 11.5. The molecule has 1 aliphatic carbocycles. The zero-order chi connectivity index (χ0) is 12.4. The molecular formula is C13H16N4S. The molecule has 0 atom stereocenters. The van der Waals surface area contributed by atoms with Crippen LogP contribution >= 0.6 is 11.3 Å². The Kier molecular flexibility index (Phi) is 3.15. The predicted octanol–water partition coefficient (Wildman–Crippen LogP) is 3.14. The molecular weight excluding hydrogens is 244 g/mol. The molecule has 0 radical (unpaired) electrons. The Bertz CT molecular complexity index is 518. The number of nitrogens with one attached hydrogen (secondary N) is 1. The van der Waals surface area contributed by atoms with Crippen LogP contribution < -0.4 is 11.1 Å². The van der Waals surface area contributed by atoms with E-state index in [2.05, 4.69) is 15.3 Å². The van der Waals surface area contributed by atoms with Crippen molar-refractivity contribution in [2.75, 3.05) is 11.1 Å². The Balaban J connectivity index is 1.86. The monoisotopic (exact) mass is 260 g/mol. The SMILES string of the molecule is Nc1nc(NC2CCCC2)cc(-c2cccs2)n1. The molecule has 94 valence electrons. The van der Waals surface area contributed by atoms with Gasteiger partial charge in [0.15, 0.2) is 0 Å². The molecule has 2 aromatic heterocycles. The molecule has 5 heteroatoms. The largest absolute Gasteiger partial charge is 0.368 e. The summed E-state index contributed by atoms with van der Waals surface area (Å²) in [5.74, 6) is 1.18. The highest BCUT2D eigenvalue weighted by Gasteiger charge is 2.16. The van der Waals surface area contributed by atoms with Gasteiger partial charge in [0.1, 0.15) is 5.82 Å². The standard InChI is InChI=1S/C13H16N4S/c14-13-16-10(11-6-3-7-18-11)8-12(17-13)15-9-4-1-2-5-9/h3,6-9H,1-2,4-5H2,(H3,14,15,16,17). The van der Waals surface area contributed by atoms with Gasteiger partial charge in [-0.2, -0.15) is 4.98 Å². The number of rotatable bonds is 3. The highest BCUT2D eigenvalue weighted by atomic mass is 32.1. The van der Waals surface area contributed by atoms with Crippen molar-refractivity contribution >= 4 is 23.1 Å². The van der Waals surface area contributed by atoms with Gasteiger partial charge in [0.25, 0.3) is 0 Å². The summed E-state index contributed by atoms with van der Waals surface area (Å²) in [6, 6.07) is 6.59. The molecule has 1 aliphatic rings.